The molecule has 0 bridgehead atoms. The fourth-order valence-electron chi connectivity index (χ4n) is 2.73. The Kier molecular flexibility index (Phi) is 5.20. The molecular weight excluding hydrogens is 324 g/mol. The standard InChI is InChI=1S/C17H20N4O2S/c1-2-6-14-19-20-17(24-14)18-16(23)13-9-15(22)21(11-13)10-12-7-4-3-5-8-12/h3-5,7-8,13H,2,6,9-11H2,1H3,(H,18,20,23). The van der Waals surface area contributed by atoms with Crippen LogP contribution in [0.3, 0.4) is 0 Å². The summed E-state index contributed by atoms with van der Waals surface area (Å²) in [4.78, 5) is 26.3. The quantitative estimate of drug-likeness (QED) is 0.873. The molecule has 2 aromatic rings. The average Bonchev–Trinajstić information content (AvgIpc) is 3.16. The molecule has 2 heterocycles. The predicted molar refractivity (Wildman–Crippen MR) is 92.5 cm³/mol. The van der Waals surface area contributed by atoms with Crippen molar-refractivity contribution in [3.63, 3.8) is 0 Å². The zero-order chi connectivity index (χ0) is 16.9. The molecular formula is C17H20N4O2S. The van der Waals surface area contributed by atoms with Gasteiger partial charge in [-0.1, -0.05) is 48.6 Å². The van der Waals surface area contributed by atoms with E-state index in [0.717, 1.165) is 23.4 Å². The van der Waals surface area contributed by atoms with Gasteiger partial charge < -0.3 is 10.2 Å². The van der Waals surface area contributed by atoms with Crippen LogP contribution in [-0.2, 0) is 22.6 Å². The van der Waals surface area contributed by atoms with Crippen molar-refractivity contribution in [3.8, 4) is 0 Å². The monoisotopic (exact) mass is 344 g/mol. The summed E-state index contributed by atoms with van der Waals surface area (Å²) in [6.07, 6.45) is 2.10. The van der Waals surface area contributed by atoms with Gasteiger partial charge in [0.1, 0.15) is 5.01 Å². The first kappa shape index (κ1) is 16.6. The number of hydrogen-bond acceptors (Lipinski definition) is 5. The van der Waals surface area contributed by atoms with Gasteiger partial charge in [-0.3, -0.25) is 9.59 Å². The van der Waals surface area contributed by atoms with Gasteiger partial charge in [0.05, 0.1) is 5.92 Å². The maximum Gasteiger partial charge on any atom is 0.231 e. The minimum atomic E-state index is -0.334. The van der Waals surface area contributed by atoms with Crippen LogP contribution in [0, 0.1) is 5.92 Å². The molecule has 1 aliphatic heterocycles. The largest absolute Gasteiger partial charge is 0.338 e. The molecule has 1 unspecified atom stereocenters. The van der Waals surface area contributed by atoms with Crippen LogP contribution in [0.15, 0.2) is 30.3 Å². The molecule has 1 aromatic heterocycles. The number of nitrogens with zero attached hydrogens (tertiary/aromatic N) is 3. The van der Waals surface area contributed by atoms with Gasteiger partial charge >= 0.3 is 0 Å². The van der Waals surface area contributed by atoms with E-state index < -0.39 is 0 Å². The highest BCUT2D eigenvalue weighted by molar-refractivity contribution is 7.15. The second kappa shape index (κ2) is 7.53. The zero-order valence-electron chi connectivity index (χ0n) is 13.6. The van der Waals surface area contributed by atoms with Crippen LogP contribution in [0.25, 0.3) is 0 Å². The number of rotatable bonds is 6. The Morgan fingerprint density at radius 1 is 1.33 bits per heavy atom. The van der Waals surface area contributed by atoms with Gasteiger partial charge in [0.25, 0.3) is 0 Å². The van der Waals surface area contributed by atoms with Gasteiger partial charge in [0.2, 0.25) is 16.9 Å². The van der Waals surface area contributed by atoms with Crippen molar-refractivity contribution in [2.24, 2.45) is 5.92 Å². The summed E-state index contributed by atoms with van der Waals surface area (Å²) in [5.74, 6) is -0.471. The summed E-state index contributed by atoms with van der Waals surface area (Å²) >= 11 is 1.40. The van der Waals surface area contributed by atoms with E-state index in [9.17, 15) is 9.59 Å². The molecule has 126 valence electrons. The lowest BCUT2D eigenvalue weighted by atomic mass is 10.1. The van der Waals surface area contributed by atoms with Crippen LogP contribution in [0.2, 0.25) is 0 Å². The summed E-state index contributed by atoms with van der Waals surface area (Å²) in [6, 6.07) is 9.81. The van der Waals surface area contributed by atoms with E-state index in [4.69, 9.17) is 0 Å². The van der Waals surface area contributed by atoms with Gasteiger partial charge in [0, 0.05) is 25.9 Å². The van der Waals surface area contributed by atoms with Crippen LogP contribution >= 0.6 is 11.3 Å². The first-order valence-electron chi connectivity index (χ1n) is 8.10. The third-order valence-corrected chi connectivity index (χ3v) is 4.86. The molecule has 1 saturated heterocycles. The first-order valence-corrected chi connectivity index (χ1v) is 8.92. The van der Waals surface area contributed by atoms with Crippen LogP contribution in [0.4, 0.5) is 5.13 Å². The Bertz CT molecular complexity index is 716. The van der Waals surface area contributed by atoms with E-state index >= 15 is 0 Å². The number of aromatic nitrogens is 2. The number of aryl methyl sites for hydroxylation is 1. The van der Waals surface area contributed by atoms with E-state index in [1.54, 1.807) is 4.90 Å². The molecule has 0 spiro atoms. The molecule has 0 saturated carbocycles. The number of benzene rings is 1. The number of likely N-dealkylation sites (tertiary alicyclic amines) is 1. The summed E-state index contributed by atoms with van der Waals surface area (Å²) in [5, 5.41) is 12.3. The van der Waals surface area contributed by atoms with Gasteiger partial charge in [-0.25, -0.2) is 0 Å². The highest BCUT2D eigenvalue weighted by Gasteiger charge is 2.34. The molecule has 1 fully saturated rings. The highest BCUT2D eigenvalue weighted by atomic mass is 32.1. The second-order valence-corrected chi connectivity index (χ2v) is 6.96. The summed E-state index contributed by atoms with van der Waals surface area (Å²) < 4.78 is 0. The smallest absolute Gasteiger partial charge is 0.231 e. The van der Waals surface area contributed by atoms with Gasteiger partial charge in [-0.05, 0) is 12.0 Å². The number of carbonyl (C=O) groups is 2. The Hall–Kier alpha value is -2.28. The molecule has 7 heteroatoms. The van der Waals surface area contributed by atoms with Crippen molar-refractivity contribution in [1.82, 2.24) is 15.1 Å². The maximum absolute atomic E-state index is 12.4. The van der Waals surface area contributed by atoms with Gasteiger partial charge in [0.15, 0.2) is 0 Å². The summed E-state index contributed by atoms with van der Waals surface area (Å²) in [7, 11) is 0. The van der Waals surface area contributed by atoms with Crippen LogP contribution < -0.4 is 5.32 Å². The lowest BCUT2D eigenvalue weighted by Gasteiger charge is -2.16. The Balaban J connectivity index is 1.57. The Labute approximate surface area is 144 Å². The molecule has 0 radical (unpaired) electrons. The third kappa shape index (κ3) is 3.97. The number of amides is 2. The predicted octanol–water partition coefficient (Wildman–Crippen LogP) is 2.48. The molecule has 2 amide bonds. The molecule has 1 atom stereocenters. The Morgan fingerprint density at radius 2 is 2.12 bits per heavy atom. The molecule has 3 rings (SSSR count). The van der Waals surface area contributed by atoms with Crippen LogP contribution in [0.1, 0.15) is 30.3 Å². The summed E-state index contributed by atoms with van der Waals surface area (Å²) in [5.41, 5.74) is 1.07. The van der Waals surface area contributed by atoms with E-state index in [-0.39, 0.29) is 24.2 Å². The maximum atomic E-state index is 12.4. The van der Waals surface area contributed by atoms with Crippen molar-refractivity contribution in [3.05, 3.63) is 40.9 Å². The molecule has 0 aliphatic carbocycles. The number of nitrogens with one attached hydrogen (secondary N) is 1. The molecule has 24 heavy (non-hydrogen) atoms. The molecule has 6 nitrogen and oxygen atoms in total. The van der Waals surface area contributed by atoms with Crippen LogP contribution in [-0.4, -0.2) is 33.5 Å². The fraction of sp³-hybridized carbons (Fsp3) is 0.412. The summed E-state index contributed by atoms with van der Waals surface area (Å²) in [6.45, 7) is 3.06. The first-order chi connectivity index (χ1) is 11.7. The van der Waals surface area contributed by atoms with Crippen molar-refractivity contribution in [2.75, 3.05) is 11.9 Å². The number of carbonyl (C=O) groups excluding carboxylic acids is 2. The van der Waals surface area contributed by atoms with Crippen LogP contribution in [0.5, 0.6) is 0 Å². The van der Waals surface area contributed by atoms with E-state index in [2.05, 4.69) is 22.4 Å². The second-order valence-electron chi connectivity index (χ2n) is 5.90. The van der Waals surface area contributed by atoms with Crippen molar-refractivity contribution in [2.45, 2.75) is 32.7 Å². The third-order valence-electron chi connectivity index (χ3n) is 3.96. The van der Waals surface area contributed by atoms with Crippen molar-refractivity contribution in [1.29, 1.82) is 0 Å². The van der Waals surface area contributed by atoms with Gasteiger partial charge in [-0.15, -0.1) is 10.2 Å². The number of anilines is 1. The Morgan fingerprint density at radius 3 is 2.88 bits per heavy atom. The molecule has 1 N–H and O–H groups in total. The normalized spacial score (nSPS) is 17.3. The van der Waals surface area contributed by atoms with Gasteiger partial charge in [-0.2, -0.15) is 0 Å². The lowest BCUT2D eigenvalue weighted by Crippen LogP contribution is -2.28. The van der Waals surface area contributed by atoms with Crippen molar-refractivity contribution >= 4 is 28.3 Å². The zero-order valence-corrected chi connectivity index (χ0v) is 14.4. The molecule has 1 aromatic carbocycles. The minimum Gasteiger partial charge on any atom is -0.338 e. The fourth-order valence-corrected chi connectivity index (χ4v) is 3.58. The topological polar surface area (TPSA) is 75.2 Å². The van der Waals surface area contributed by atoms with E-state index in [1.807, 2.05) is 30.3 Å². The number of hydrogen-bond donors (Lipinski definition) is 1. The van der Waals surface area contributed by atoms with E-state index in [0.29, 0.717) is 18.2 Å². The van der Waals surface area contributed by atoms with E-state index in [1.165, 1.54) is 11.3 Å². The SMILES string of the molecule is CCCc1nnc(NC(=O)C2CC(=O)N(Cc3ccccc3)C2)s1. The van der Waals surface area contributed by atoms with Crippen molar-refractivity contribution < 1.29 is 9.59 Å². The molecule has 1 aliphatic rings. The highest BCUT2D eigenvalue weighted by Crippen LogP contribution is 2.23. The average molecular weight is 344 g/mol. The minimum absolute atomic E-state index is 0.0166. The lowest BCUT2D eigenvalue weighted by molar-refractivity contribution is -0.128.